The van der Waals surface area contributed by atoms with Gasteiger partial charge >= 0.3 is 0 Å². The molecular weight excluding hydrogens is 396 g/mol. The topological polar surface area (TPSA) is 76.0 Å². The molecule has 7 nitrogen and oxygen atoms in total. The van der Waals surface area contributed by atoms with E-state index in [0.29, 0.717) is 10.1 Å². The average molecular weight is 417 g/mol. The third kappa shape index (κ3) is 4.13. The van der Waals surface area contributed by atoms with Crippen LogP contribution in [0, 0.1) is 0 Å². The van der Waals surface area contributed by atoms with Crippen LogP contribution in [0.25, 0.3) is 0 Å². The number of rotatable bonds is 2. The highest BCUT2D eigenvalue weighted by atomic mass is 35.5. The molecule has 1 saturated heterocycles. The Balaban J connectivity index is 1.36. The van der Waals surface area contributed by atoms with Gasteiger partial charge in [0.2, 0.25) is 0 Å². The fraction of sp³-hybridized carbons (Fsp3) is 0.316. The zero-order valence-electron chi connectivity index (χ0n) is 15.2. The van der Waals surface area contributed by atoms with Crippen molar-refractivity contribution < 1.29 is 5.11 Å². The van der Waals surface area contributed by atoms with Crippen molar-refractivity contribution >= 4 is 46.0 Å². The first-order valence-electron chi connectivity index (χ1n) is 9.15. The van der Waals surface area contributed by atoms with Gasteiger partial charge in [-0.05, 0) is 30.4 Å². The summed E-state index contributed by atoms with van der Waals surface area (Å²) in [5, 5.41) is 18.7. The lowest BCUT2D eigenvalue weighted by Crippen LogP contribution is -2.51. The number of anilines is 2. The van der Waals surface area contributed by atoms with E-state index < -0.39 is 0 Å². The molecule has 1 aromatic carbocycles. The zero-order valence-corrected chi connectivity index (χ0v) is 16.8. The minimum atomic E-state index is 0.282. The van der Waals surface area contributed by atoms with Crippen molar-refractivity contribution in [2.24, 2.45) is 5.10 Å². The number of pyridine rings is 1. The lowest BCUT2D eigenvalue weighted by Gasteiger charge is -2.37. The molecule has 0 unspecified atom stereocenters. The molecule has 0 radical (unpaired) electrons. The maximum atomic E-state index is 9.66. The molecule has 146 valence electrons. The fourth-order valence-electron chi connectivity index (χ4n) is 3.39. The smallest absolute Gasteiger partial charge is 0.189 e. The van der Waals surface area contributed by atoms with Crippen molar-refractivity contribution in [2.45, 2.75) is 6.42 Å². The van der Waals surface area contributed by atoms with Crippen LogP contribution in [0.4, 0.5) is 11.4 Å². The molecule has 0 spiro atoms. The minimum Gasteiger partial charge on any atom is -0.508 e. The first-order chi connectivity index (χ1) is 13.6. The number of nitrogens with zero attached hydrogens (tertiary/aromatic N) is 4. The van der Waals surface area contributed by atoms with E-state index in [1.807, 2.05) is 18.2 Å². The molecule has 1 fully saturated rings. The molecule has 1 aromatic heterocycles. The number of aromatic nitrogens is 1. The summed E-state index contributed by atoms with van der Waals surface area (Å²) >= 11 is 11.5. The Morgan fingerprint density at radius 2 is 2.07 bits per heavy atom. The molecule has 3 heterocycles. The summed E-state index contributed by atoms with van der Waals surface area (Å²) in [7, 11) is 0. The SMILES string of the molecule is Oc1cccc(N2CCN(C(=S)N/N=C3/CCNc4cc(Cl)cnc43)CC2)c1. The van der Waals surface area contributed by atoms with Crippen LogP contribution < -0.4 is 15.6 Å². The molecular formula is C19H21ClN6OS. The summed E-state index contributed by atoms with van der Waals surface area (Å²) in [4.78, 5) is 8.74. The molecule has 2 aliphatic heterocycles. The summed E-state index contributed by atoms with van der Waals surface area (Å²) in [6.07, 6.45) is 2.39. The summed E-state index contributed by atoms with van der Waals surface area (Å²) in [5.41, 5.74) is 6.62. The quantitative estimate of drug-likeness (QED) is 0.513. The van der Waals surface area contributed by atoms with Gasteiger partial charge < -0.3 is 20.2 Å². The van der Waals surface area contributed by atoms with Gasteiger partial charge in [-0.2, -0.15) is 5.10 Å². The predicted molar refractivity (Wildman–Crippen MR) is 117 cm³/mol. The Kier molecular flexibility index (Phi) is 5.50. The number of halogens is 1. The van der Waals surface area contributed by atoms with Gasteiger partial charge in [0.15, 0.2) is 5.11 Å². The van der Waals surface area contributed by atoms with Crippen molar-refractivity contribution in [3.63, 3.8) is 0 Å². The second-order valence-electron chi connectivity index (χ2n) is 6.70. The number of fused-ring (bicyclic) bond motifs is 1. The Morgan fingerprint density at radius 1 is 1.25 bits per heavy atom. The monoisotopic (exact) mass is 416 g/mol. The molecule has 2 aliphatic rings. The van der Waals surface area contributed by atoms with Crippen LogP contribution in [-0.2, 0) is 0 Å². The van der Waals surface area contributed by atoms with Gasteiger partial charge in [-0.3, -0.25) is 10.4 Å². The average Bonchev–Trinajstić information content (AvgIpc) is 2.72. The largest absolute Gasteiger partial charge is 0.508 e. The van der Waals surface area contributed by atoms with Gasteiger partial charge in [-0.25, -0.2) is 0 Å². The standard InChI is InChI=1S/C19H21ClN6OS/c20-13-10-17-18(22-12-13)16(4-5-21-17)23-24-19(28)26-8-6-25(7-9-26)14-2-1-3-15(27)11-14/h1-3,10-12,21,27H,4-9H2,(H,24,28)/b23-16-. The molecule has 28 heavy (non-hydrogen) atoms. The second kappa shape index (κ2) is 8.20. The number of phenolic OH excluding ortho intramolecular Hbond substituents is 1. The molecule has 0 saturated carbocycles. The van der Waals surface area contributed by atoms with Gasteiger partial charge in [0.1, 0.15) is 11.4 Å². The van der Waals surface area contributed by atoms with Crippen LogP contribution in [0.2, 0.25) is 5.02 Å². The maximum Gasteiger partial charge on any atom is 0.189 e. The van der Waals surface area contributed by atoms with Crippen molar-refractivity contribution in [3.8, 4) is 5.75 Å². The molecule has 3 N–H and O–H groups in total. The number of piperazine rings is 1. The van der Waals surface area contributed by atoms with E-state index in [2.05, 4.69) is 30.6 Å². The number of hydrogen-bond donors (Lipinski definition) is 3. The summed E-state index contributed by atoms with van der Waals surface area (Å²) in [5.74, 6) is 0.282. The lowest BCUT2D eigenvalue weighted by molar-refractivity contribution is 0.381. The van der Waals surface area contributed by atoms with Crippen LogP contribution in [0.3, 0.4) is 0 Å². The number of thiocarbonyl (C=S) groups is 1. The third-order valence-corrected chi connectivity index (χ3v) is 5.41. The molecule has 0 bridgehead atoms. The second-order valence-corrected chi connectivity index (χ2v) is 7.52. The Labute approximate surface area is 174 Å². The third-order valence-electron chi connectivity index (χ3n) is 4.85. The van der Waals surface area contributed by atoms with E-state index in [4.69, 9.17) is 23.8 Å². The van der Waals surface area contributed by atoms with Gasteiger partial charge in [0.05, 0.1) is 16.4 Å². The first kappa shape index (κ1) is 18.8. The molecule has 2 aromatic rings. The van der Waals surface area contributed by atoms with E-state index in [9.17, 15) is 5.11 Å². The molecule has 0 atom stereocenters. The highest BCUT2D eigenvalue weighted by Crippen LogP contribution is 2.24. The number of hydrazone groups is 1. The van der Waals surface area contributed by atoms with Gasteiger partial charge in [0.25, 0.3) is 0 Å². The number of nitrogens with one attached hydrogen (secondary N) is 2. The molecule has 0 amide bonds. The van der Waals surface area contributed by atoms with Crippen molar-refractivity contribution in [1.82, 2.24) is 15.3 Å². The highest BCUT2D eigenvalue weighted by Gasteiger charge is 2.21. The summed E-state index contributed by atoms with van der Waals surface area (Å²) < 4.78 is 0. The molecule has 0 aliphatic carbocycles. The molecule has 9 heteroatoms. The first-order valence-corrected chi connectivity index (χ1v) is 9.94. The van der Waals surface area contributed by atoms with Crippen LogP contribution in [0.5, 0.6) is 5.75 Å². The highest BCUT2D eigenvalue weighted by molar-refractivity contribution is 7.80. The normalized spacial score (nSPS) is 17.8. The van der Waals surface area contributed by atoms with Crippen LogP contribution in [-0.4, -0.2) is 58.5 Å². The Morgan fingerprint density at radius 3 is 2.86 bits per heavy atom. The van der Waals surface area contributed by atoms with Gasteiger partial charge in [-0.1, -0.05) is 17.7 Å². The van der Waals surface area contributed by atoms with Crippen molar-refractivity contribution in [1.29, 1.82) is 0 Å². The fourth-order valence-corrected chi connectivity index (χ4v) is 3.78. The summed E-state index contributed by atoms with van der Waals surface area (Å²) in [6, 6.07) is 9.19. The van der Waals surface area contributed by atoms with E-state index >= 15 is 0 Å². The van der Waals surface area contributed by atoms with Gasteiger partial charge in [-0.15, -0.1) is 0 Å². The minimum absolute atomic E-state index is 0.282. The van der Waals surface area contributed by atoms with Crippen LogP contribution in [0.15, 0.2) is 41.6 Å². The predicted octanol–water partition coefficient (Wildman–Crippen LogP) is 2.66. The Bertz CT molecular complexity index is 913. The van der Waals surface area contributed by atoms with Gasteiger partial charge in [0, 0.05) is 57.1 Å². The Hall–Kier alpha value is -2.58. The van der Waals surface area contributed by atoms with Crippen LogP contribution >= 0.6 is 23.8 Å². The number of aromatic hydroxyl groups is 1. The number of hydrogen-bond acceptors (Lipinski definition) is 6. The van der Waals surface area contributed by atoms with E-state index in [1.165, 1.54) is 0 Å². The van der Waals surface area contributed by atoms with Crippen LogP contribution in [0.1, 0.15) is 12.1 Å². The zero-order chi connectivity index (χ0) is 19.5. The van der Waals surface area contributed by atoms with E-state index in [1.54, 1.807) is 18.3 Å². The number of benzene rings is 1. The number of phenols is 1. The van der Waals surface area contributed by atoms with Crippen molar-refractivity contribution in [3.05, 3.63) is 47.2 Å². The van der Waals surface area contributed by atoms with E-state index in [0.717, 1.165) is 61.9 Å². The lowest BCUT2D eigenvalue weighted by atomic mass is 10.1. The molecule has 4 rings (SSSR count). The summed E-state index contributed by atoms with van der Waals surface area (Å²) in [6.45, 7) is 4.02. The van der Waals surface area contributed by atoms with Crippen molar-refractivity contribution in [2.75, 3.05) is 42.9 Å². The maximum absolute atomic E-state index is 9.66. The van der Waals surface area contributed by atoms with E-state index in [-0.39, 0.29) is 5.75 Å².